The fourth-order valence-electron chi connectivity index (χ4n) is 1.95. The minimum Gasteiger partial charge on any atom is -0.199 e. The van der Waals surface area contributed by atoms with Gasteiger partial charge in [0.25, 0.3) is 10.0 Å². The van der Waals surface area contributed by atoms with Crippen molar-refractivity contribution in [2.75, 3.05) is 0 Å². The normalized spacial score (nSPS) is 16.2. The predicted molar refractivity (Wildman–Crippen MR) is 70.7 cm³/mol. The molecule has 0 N–H and O–H groups in total. The zero-order chi connectivity index (χ0) is 12.8. The highest BCUT2D eigenvalue weighted by molar-refractivity contribution is 7.90. The molecule has 0 fully saturated rings. The molecule has 0 bridgehead atoms. The van der Waals surface area contributed by atoms with Crippen LogP contribution in [-0.4, -0.2) is 14.1 Å². The van der Waals surface area contributed by atoms with Gasteiger partial charge in [-0.3, -0.25) is 0 Å². The van der Waals surface area contributed by atoms with Crippen molar-refractivity contribution in [1.29, 1.82) is 0 Å². The fourth-order valence-corrected chi connectivity index (χ4v) is 3.38. The second kappa shape index (κ2) is 3.93. The van der Waals surface area contributed by atoms with Crippen molar-refractivity contribution in [2.45, 2.75) is 4.90 Å². The third-order valence-electron chi connectivity index (χ3n) is 2.73. The van der Waals surface area contributed by atoms with Crippen LogP contribution in [0.4, 0.5) is 0 Å². The molecule has 0 saturated heterocycles. The van der Waals surface area contributed by atoms with E-state index in [4.69, 9.17) is 11.6 Å². The van der Waals surface area contributed by atoms with E-state index in [1.54, 1.807) is 48.5 Å². The summed E-state index contributed by atoms with van der Waals surface area (Å²) < 4.78 is 27.6. The Morgan fingerprint density at radius 3 is 2.56 bits per heavy atom. The van der Waals surface area contributed by atoms with E-state index in [1.807, 2.05) is 0 Å². The summed E-state index contributed by atoms with van der Waals surface area (Å²) in [6.07, 6.45) is 0. The Bertz CT molecular complexity index is 766. The zero-order valence-electron chi connectivity index (χ0n) is 9.17. The maximum Gasteiger partial charge on any atom is 0.283 e. The Hall–Kier alpha value is -1.65. The molecule has 90 valence electrons. The highest BCUT2D eigenvalue weighted by Crippen LogP contribution is 2.29. The molecule has 0 saturated carbocycles. The molecule has 1 heterocycles. The van der Waals surface area contributed by atoms with Crippen molar-refractivity contribution in [1.82, 2.24) is 0 Å². The van der Waals surface area contributed by atoms with E-state index in [0.717, 1.165) is 0 Å². The molecule has 2 aromatic carbocycles. The summed E-state index contributed by atoms with van der Waals surface area (Å²) in [7, 11) is -3.57. The number of hydrogen-bond donors (Lipinski definition) is 0. The molecule has 1 aliphatic heterocycles. The Balaban J connectivity index is 2.27. The summed E-state index contributed by atoms with van der Waals surface area (Å²) in [5.74, 6) is 0. The van der Waals surface area contributed by atoms with Crippen LogP contribution < -0.4 is 0 Å². The fraction of sp³-hybridized carbons (Fsp3) is 0. The first kappa shape index (κ1) is 11.4. The SMILES string of the molecule is O=S1(=O)N=C(c2cccc(Cl)c2)c2ccccc21. The second-order valence-corrected chi connectivity index (χ2v) is 5.93. The summed E-state index contributed by atoms with van der Waals surface area (Å²) in [5, 5.41) is 0.553. The van der Waals surface area contributed by atoms with Gasteiger partial charge in [0.15, 0.2) is 0 Å². The molecule has 3 nitrogen and oxygen atoms in total. The Kier molecular flexibility index (Phi) is 2.50. The Morgan fingerprint density at radius 2 is 1.78 bits per heavy atom. The van der Waals surface area contributed by atoms with Crippen molar-refractivity contribution >= 4 is 27.3 Å². The molecular weight excluding hydrogens is 270 g/mol. The number of nitrogens with zero attached hydrogens (tertiary/aromatic N) is 1. The smallest absolute Gasteiger partial charge is 0.199 e. The van der Waals surface area contributed by atoms with Crippen LogP contribution in [0.15, 0.2) is 57.8 Å². The van der Waals surface area contributed by atoms with Gasteiger partial charge in [0.1, 0.15) is 0 Å². The van der Waals surface area contributed by atoms with Gasteiger partial charge >= 0.3 is 0 Å². The van der Waals surface area contributed by atoms with Crippen molar-refractivity contribution in [3.05, 3.63) is 64.7 Å². The number of rotatable bonds is 1. The van der Waals surface area contributed by atoms with Gasteiger partial charge in [-0.25, -0.2) is 0 Å². The standard InChI is InChI=1S/C13H8ClNO2S/c14-10-5-3-4-9(8-10)13-11-6-1-2-7-12(11)18(16,17)15-13/h1-8H. The van der Waals surface area contributed by atoms with Crippen molar-refractivity contribution in [3.63, 3.8) is 0 Å². The Morgan fingerprint density at radius 1 is 1.00 bits per heavy atom. The third-order valence-corrected chi connectivity index (χ3v) is 4.30. The number of halogens is 1. The van der Waals surface area contributed by atoms with Gasteiger partial charge in [-0.1, -0.05) is 41.9 Å². The van der Waals surface area contributed by atoms with Crippen LogP contribution in [0.25, 0.3) is 0 Å². The van der Waals surface area contributed by atoms with E-state index in [9.17, 15) is 8.42 Å². The second-order valence-electron chi connectivity index (χ2n) is 3.92. The molecule has 2 aromatic rings. The van der Waals surface area contributed by atoms with Crippen LogP contribution in [0.2, 0.25) is 5.02 Å². The number of benzene rings is 2. The number of hydrogen-bond acceptors (Lipinski definition) is 2. The van der Waals surface area contributed by atoms with Crippen LogP contribution in [0.5, 0.6) is 0 Å². The molecule has 5 heteroatoms. The van der Waals surface area contributed by atoms with Gasteiger partial charge in [0.2, 0.25) is 0 Å². The minimum absolute atomic E-state index is 0.250. The maximum atomic E-state index is 11.9. The van der Waals surface area contributed by atoms with E-state index in [1.165, 1.54) is 0 Å². The molecule has 0 amide bonds. The lowest BCUT2D eigenvalue weighted by atomic mass is 10.0. The van der Waals surface area contributed by atoms with Gasteiger partial charge in [-0.2, -0.15) is 12.8 Å². The molecule has 0 spiro atoms. The van der Waals surface area contributed by atoms with Gasteiger partial charge in [-0.15, -0.1) is 0 Å². The van der Waals surface area contributed by atoms with Crippen LogP contribution in [0, 0.1) is 0 Å². The summed E-state index contributed by atoms with van der Waals surface area (Å²) in [6.45, 7) is 0. The van der Waals surface area contributed by atoms with Gasteiger partial charge in [0.05, 0.1) is 10.6 Å². The minimum atomic E-state index is -3.57. The first-order valence-electron chi connectivity index (χ1n) is 5.28. The lowest BCUT2D eigenvalue weighted by molar-refractivity contribution is 0.599. The summed E-state index contributed by atoms with van der Waals surface area (Å²) in [6, 6.07) is 13.8. The molecule has 0 aliphatic carbocycles. The van der Waals surface area contributed by atoms with Crippen LogP contribution in [0.3, 0.4) is 0 Å². The predicted octanol–water partition coefficient (Wildman–Crippen LogP) is 2.88. The molecule has 1 aliphatic rings. The summed E-state index contributed by atoms with van der Waals surface area (Å²) in [5.41, 5.74) is 1.78. The average molecular weight is 278 g/mol. The van der Waals surface area contributed by atoms with Crippen molar-refractivity contribution in [3.8, 4) is 0 Å². The summed E-state index contributed by atoms with van der Waals surface area (Å²) in [4.78, 5) is 0.250. The van der Waals surface area contributed by atoms with E-state index in [-0.39, 0.29) is 4.90 Å². The molecule has 0 unspecified atom stereocenters. The van der Waals surface area contributed by atoms with E-state index in [0.29, 0.717) is 21.9 Å². The van der Waals surface area contributed by atoms with Crippen molar-refractivity contribution < 1.29 is 8.42 Å². The van der Waals surface area contributed by atoms with Gasteiger partial charge in [-0.05, 0) is 18.2 Å². The molecular formula is C13H8ClNO2S. The first-order chi connectivity index (χ1) is 8.58. The third kappa shape index (κ3) is 1.74. The van der Waals surface area contributed by atoms with Crippen LogP contribution >= 0.6 is 11.6 Å². The van der Waals surface area contributed by atoms with E-state index < -0.39 is 10.0 Å². The molecule has 0 aromatic heterocycles. The number of fused-ring (bicyclic) bond motifs is 1. The molecule has 0 atom stereocenters. The Labute approximate surface area is 110 Å². The lowest BCUT2D eigenvalue weighted by Gasteiger charge is -2.02. The highest BCUT2D eigenvalue weighted by atomic mass is 35.5. The quantitative estimate of drug-likeness (QED) is 0.805. The topological polar surface area (TPSA) is 46.5 Å². The highest BCUT2D eigenvalue weighted by Gasteiger charge is 2.28. The van der Waals surface area contributed by atoms with Gasteiger partial charge < -0.3 is 0 Å². The van der Waals surface area contributed by atoms with E-state index in [2.05, 4.69) is 4.40 Å². The van der Waals surface area contributed by atoms with Crippen LogP contribution in [0.1, 0.15) is 11.1 Å². The molecule has 3 rings (SSSR count). The van der Waals surface area contributed by atoms with E-state index >= 15 is 0 Å². The summed E-state index contributed by atoms with van der Waals surface area (Å²) >= 11 is 5.92. The number of sulfonamides is 1. The average Bonchev–Trinajstić information content (AvgIpc) is 2.63. The lowest BCUT2D eigenvalue weighted by Crippen LogP contribution is -1.99. The van der Waals surface area contributed by atoms with Crippen molar-refractivity contribution in [2.24, 2.45) is 4.40 Å². The molecule has 0 radical (unpaired) electrons. The van der Waals surface area contributed by atoms with Crippen LogP contribution in [-0.2, 0) is 10.0 Å². The molecule has 18 heavy (non-hydrogen) atoms. The van der Waals surface area contributed by atoms with Gasteiger partial charge in [0, 0.05) is 16.1 Å². The zero-order valence-corrected chi connectivity index (χ0v) is 10.7. The largest absolute Gasteiger partial charge is 0.283 e. The maximum absolute atomic E-state index is 11.9. The monoisotopic (exact) mass is 277 g/mol. The first-order valence-corrected chi connectivity index (χ1v) is 7.10.